The maximum absolute atomic E-state index is 4.56. The van der Waals surface area contributed by atoms with Gasteiger partial charge in [0.1, 0.15) is 12.1 Å². The fourth-order valence-electron chi connectivity index (χ4n) is 2.41. The van der Waals surface area contributed by atoms with Crippen LogP contribution in [0.3, 0.4) is 0 Å². The van der Waals surface area contributed by atoms with Crippen LogP contribution in [-0.4, -0.2) is 33.3 Å². The summed E-state index contributed by atoms with van der Waals surface area (Å²) in [4.78, 5) is 6.83. The molecule has 0 aromatic carbocycles. The van der Waals surface area contributed by atoms with Crippen LogP contribution in [0.4, 0.5) is 5.82 Å². The Morgan fingerprint density at radius 2 is 2.26 bits per heavy atom. The van der Waals surface area contributed by atoms with Gasteiger partial charge in [0.2, 0.25) is 0 Å². The van der Waals surface area contributed by atoms with Crippen molar-refractivity contribution >= 4 is 5.82 Å². The fourth-order valence-corrected chi connectivity index (χ4v) is 2.41. The van der Waals surface area contributed by atoms with E-state index in [2.05, 4.69) is 43.0 Å². The third kappa shape index (κ3) is 2.19. The Kier molecular flexibility index (Phi) is 3.16. The van der Waals surface area contributed by atoms with E-state index in [0.29, 0.717) is 0 Å². The number of nitrogens with zero attached hydrogens (tertiary/aromatic N) is 5. The summed E-state index contributed by atoms with van der Waals surface area (Å²) in [6.45, 7) is 4.76. The third-order valence-corrected chi connectivity index (χ3v) is 3.65. The first-order chi connectivity index (χ1) is 9.29. The molecule has 0 saturated carbocycles. The highest BCUT2D eigenvalue weighted by Crippen LogP contribution is 2.26. The van der Waals surface area contributed by atoms with Gasteiger partial charge in [-0.1, -0.05) is 6.07 Å². The van der Waals surface area contributed by atoms with Gasteiger partial charge in [0.25, 0.3) is 0 Å². The molecule has 1 aliphatic rings. The number of rotatable bonds is 3. The lowest BCUT2D eigenvalue weighted by molar-refractivity contribution is 0.549. The highest BCUT2D eigenvalue weighted by atomic mass is 15.3. The Balaban J connectivity index is 1.91. The highest BCUT2D eigenvalue weighted by Gasteiger charge is 2.21. The fraction of sp³-hybridized carbons (Fsp3) is 0.462. The molecule has 0 fully saturated rings. The predicted molar refractivity (Wildman–Crippen MR) is 72.8 cm³/mol. The molecule has 0 bridgehead atoms. The SMILES string of the molecule is CNC(C)c1cccnc1N1CCn2cnnc2C1. The standard InChI is InChI=1S/C13H18N6/c1-10(14-2)11-4-3-5-15-13(11)18-6-7-19-9-16-17-12(19)8-18/h3-5,9-10,14H,6-8H2,1-2H3. The second kappa shape index (κ2) is 4.97. The molecule has 0 amide bonds. The van der Waals surface area contributed by atoms with Gasteiger partial charge in [0.05, 0.1) is 6.54 Å². The molecular formula is C13H18N6. The van der Waals surface area contributed by atoms with Gasteiger partial charge in [0.15, 0.2) is 5.82 Å². The van der Waals surface area contributed by atoms with Crippen molar-refractivity contribution in [3.63, 3.8) is 0 Å². The van der Waals surface area contributed by atoms with E-state index in [-0.39, 0.29) is 6.04 Å². The summed E-state index contributed by atoms with van der Waals surface area (Å²) in [5.41, 5.74) is 1.22. The van der Waals surface area contributed by atoms with Crippen LogP contribution in [-0.2, 0) is 13.1 Å². The zero-order valence-corrected chi connectivity index (χ0v) is 11.2. The van der Waals surface area contributed by atoms with E-state index in [4.69, 9.17) is 0 Å². The van der Waals surface area contributed by atoms with Gasteiger partial charge in [-0.15, -0.1) is 10.2 Å². The molecule has 6 nitrogen and oxygen atoms in total. The largest absolute Gasteiger partial charge is 0.347 e. The number of anilines is 1. The minimum Gasteiger partial charge on any atom is -0.347 e. The van der Waals surface area contributed by atoms with Crippen molar-refractivity contribution in [1.29, 1.82) is 0 Å². The monoisotopic (exact) mass is 258 g/mol. The first kappa shape index (κ1) is 12.1. The smallest absolute Gasteiger partial charge is 0.152 e. The van der Waals surface area contributed by atoms with Gasteiger partial charge in [-0.25, -0.2) is 4.98 Å². The molecule has 0 aliphatic carbocycles. The van der Waals surface area contributed by atoms with Gasteiger partial charge in [-0.05, 0) is 20.0 Å². The maximum Gasteiger partial charge on any atom is 0.152 e. The minimum absolute atomic E-state index is 0.281. The van der Waals surface area contributed by atoms with Crippen LogP contribution >= 0.6 is 0 Å². The summed E-state index contributed by atoms with van der Waals surface area (Å²) in [7, 11) is 1.97. The van der Waals surface area contributed by atoms with Gasteiger partial charge < -0.3 is 14.8 Å². The molecule has 0 saturated heterocycles. The number of hydrogen-bond acceptors (Lipinski definition) is 5. The molecule has 100 valence electrons. The zero-order valence-electron chi connectivity index (χ0n) is 11.2. The summed E-state index contributed by atoms with van der Waals surface area (Å²) in [6, 6.07) is 4.39. The summed E-state index contributed by atoms with van der Waals surface area (Å²) < 4.78 is 2.10. The molecule has 0 radical (unpaired) electrons. The van der Waals surface area contributed by atoms with Crippen molar-refractivity contribution in [2.24, 2.45) is 0 Å². The van der Waals surface area contributed by atoms with Crippen LogP contribution in [0.15, 0.2) is 24.7 Å². The van der Waals surface area contributed by atoms with Gasteiger partial charge in [-0.2, -0.15) is 0 Å². The number of hydrogen-bond donors (Lipinski definition) is 1. The molecule has 3 heterocycles. The maximum atomic E-state index is 4.56. The van der Waals surface area contributed by atoms with Gasteiger partial charge in [0, 0.05) is 30.9 Å². The van der Waals surface area contributed by atoms with Crippen molar-refractivity contribution in [2.45, 2.75) is 26.1 Å². The summed E-state index contributed by atoms with van der Waals surface area (Å²) in [5.74, 6) is 2.04. The summed E-state index contributed by atoms with van der Waals surface area (Å²) >= 11 is 0. The van der Waals surface area contributed by atoms with E-state index in [0.717, 1.165) is 31.3 Å². The Hall–Kier alpha value is -1.95. The highest BCUT2D eigenvalue weighted by molar-refractivity contribution is 5.48. The second-order valence-electron chi connectivity index (χ2n) is 4.79. The molecule has 1 unspecified atom stereocenters. The zero-order chi connectivity index (χ0) is 13.2. The minimum atomic E-state index is 0.281. The van der Waals surface area contributed by atoms with E-state index in [9.17, 15) is 0 Å². The van der Waals surface area contributed by atoms with Crippen LogP contribution in [0.2, 0.25) is 0 Å². The van der Waals surface area contributed by atoms with Crippen molar-refractivity contribution in [3.05, 3.63) is 36.0 Å². The van der Waals surface area contributed by atoms with Gasteiger partial charge >= 0.3 is 0 Å². The summed E-state index contributed by atoms with van der Waals surface area (Å²) in [5, 5.41) is 11.4. The lowest BCUT2D eigenvalue weighted by Gasteiger charge is -2.30. The molecule has 1 atom stereocenters. The Morgan fingerprint density at radius 1 is 1.37 bits per heavy atom. The number of fused-ring (bicyclic) bond motifs is 1. The number of nitrogens with one attached hydrogen (secondary N) is 1. The molecular weight excluding hydrogens is 240 g/mol. The van der Waals surface area contributed by atoms with Crippen LogP contribution in [0, 0.1) is 0 Å². The van der Waals surface area contributed by atoms with Crippen molar-refractivity contribution < 1.29 is 0 Å². The van der Waals surface area contributed by atoms with E-state index in [1.165, 1.54) is 5.56 Å². The van der Waals surface area contributed by atoms with Crippen LogP contribution in [0.1, 0.15) is 24.4 Å². The molecule has 6 heteroatoms. The van der Waals surface area contributed by atoms with Gasteiger partial charge in [-0.3, -0.25) is 0 Å². The lowest BCUT2D eigenvalue weighted by Crippen LogP contribution is -2.35. The molecule has 2 aromatic rings. The van der Waals surface area contributed by atoms with Crippen LogP contribution < -0.4 is 10.2 Å². The Labute approximate surface area is 112 Å². The van der Waals surface area contributed by atoms with Crippen LogP contribution in [0.5, 0.6) is 0 Å². The molecule has 1 N–H and O–H groups in total. The molecule has 3 rings (SSSR count). The molecule has 1 aliphatic heterocycles. The molecule has 0 spiro atoms. The van der Waals surface area contributed by atoms with Crippen molar-refractivity contribution in [3.8, 4) is 0 Å². The van der Waals surface area contributed by atoms with Crippen molar-refractivity contribution in [2.75, 3.05) is 18.5 Å². The normalized spacial score (nSPS) is 16.2. The van der Waals surface area contributed by atoms with E-state index < -0.39 is 0 Å². The quantitative estimate of drug-likeness (QED) is 0.889. The topological polar surface area (TPSA) is 58.9 Å². The number of pyridine rings is 1. The lowest BCUT2D eigenvalue weighted by atomic mass is 10.1. The summed E-state index contributed by atoms with van der Waals surface area (Å²) in [6.07, 6.45) is 3.64. The first-order valence-corrected chi connectivity index (χ1v) is 6.53. The number of aromatic nitrogens is 4. The van der Waals surface area contributed by atoms with Crippen LogP contribution in [0.25, 0.3) is 0 Å². The van der Waals surface area contributed by atoms with E-state index >= 15 is 0 Å². The molecule has 2 aromatic heterocycles. The van der Waals surface area contributed by atoms with E-state index in [1.807, 2.05) is 19.3 Å². The Bertz CT molecular complexity index is 564. The average molecular weight is 258 g/mol. The average Bonchev–Trinajstić information content (AvgIpc) is 2.93. The first-order valence-electron chi connectivity index (χ1n) is 6.53. The molecule has 19 heavy (non-hydrogen) atoms. The van der Waals surface area contributed by atoms with Crippen molar-refractivity contribution in [1.82, 2.24) is 25.1 Å². The second-order valence-corrected chi connectivity index (χ2v) is 4.79. The predicted octanol–water partition coefficient (Wildman–Crippen LogP) is 0.974. The van der Waals surface area contributed by atoms with E-state index in [1.54, 1.807) is 6.33 Å². The third-order valence-electron chi connectivity index (χ3n) is 3.65. The Morgan fingerprint density at radius 3 is 3.11 bits per heavy atom.